The molecular weight excluding hydrogens is 346 g/mol. The topological polar surface area (TPSA) is 71.3 Å². The first-order chi connectivity index (χ1) is 12.6. The summed E-state index contributed by atoms with van der Waals surface area (Å²) in [7, 11) is 0. The number of likely N-dealkylation sites (tertiary alicyclic amines) is 1. The summed E-state index contributed by atoms with van der Waals surface area (Å²) < 4.78 is 6.31. The number of nitrogens with zero attached hydrogens (tertiary/aromatic N) is 1. The van der Waals surface area contributed by atoms with Gasteiger partial charge in [0.15, 0.2) is 0 Å². The number of carbonyl (C=O) groups is 1. The van der Waals surface area contributed by atoms with Gasteiger partial charge in [-0.1, -0.05) is 18.2 Å². The number of H-pyrrole nitrogens is 1. The van der Waals surface area contributed by atoms with Crippen molar-refractivity contribution >= 4 is 28.6 Å². The Morgan fingerprint density at radius 1 is 1.38 bits per heavy atom. The first-order valence-electron chi connectivity index (χ1n) is 9.42. The molecule has 1 saturated heterocycles. The third kappa shape index (κ3) is 3.04. The maximum atomic E-state index is 12.6. The lowest BCUT2D eigenvalue weighted by Gasteiger charge is -2.44. The third-order valence-electron chi connectivity index (χ3n) is 5.83. The standard InChI is InChI=1S/C20H27N3O2S/c1-26-13-7-16(21)19(24)23-10-8-20(9-11-23)18-15(6-12-25-20)14-4-2-3-5-17(14)22-18/h2-5,16,22H,6-13,21H2,1H3/t16-/m0/s1. The van der Waals surface area contributed by atoms with Crippen molar-refractivity contribution in [3.05, 3.63) is 35.5 Å². The molecule has 1 aromatic heterocycles. The molecule has 0 bridgehead atoms. The highest BCUT2D eigenvalue weighted by atomic mass is 32.2. The van der Waals surface area contributed by atoms with E-state index in [9.17, 15) is 4.79 Å². The number of nitrogens with one attached hydrogen (secondary N) is 1. The Hall–Kier alpha value is -1.50. The molecule has 1 fully saturated rings. The summed E-state index contributed by atoms with van der Waals surface area (Å²) >= 11 is 1.73. The van der Waals surface area contributed by atoms with E-state index in [1.54, 1.807) is 11.8 Å². The number of amides is 1. The summed E-state index contributed by atoms with van der Waals surface area (Å²) in [6, 6.07) is 8.09. The number of ether oxygens (including phenoxy) is 1. The van der Waals surface area contributed by atoms with Crippen molar-refractivity contribution < 1.29 is 9.53 Å². The van der Waals surface area contributed by atoms with Gasteiger partial charge in [-0.3, -0.25) is 4.79 Å². The summed E-state index contributed by atoms with van der Waals surface area (Å²) in [5.41, 5.74) is 9.60. The van der Waals surface area contributed by atoms with Crippen LogP contribution in [0, 0.1) is 0 Å². The first kappa shape index (κ1) is 17.9. The van der Waals surface area contributed by atoms with Gasteiger partial charge in [-0.05, 0) is 49.3 Å². The number of rotatable bonds is 4. The Bertz CT molecular complexity index is 795. The van der Waals surface area contributed by atoms with Crippen molar-refractivity contribution in [2.45, 2.75) is 37.3 Å². The fraction of sp³-hybridized carbons (Fsp3) is 0.550. The highest BCUT2D eigenvalue weighted by Crippen LogP contribution is 2.43. The van der Waals surface area contributed by atoms with E-state index in [4.69, 9.17) is 10.5 Å². The Kier molecular flexibility index (Phi) is 4.99. The summed E-state index contributed by atoms with van der Waals surface area (Å²) in [5.74, 6) is 1.01. The minimum Gasteiger partial charge on any atom is -0.368 e. The lowest BCUT2D eigenvalue weighted by Crippen LogP contribution is -2.52. The van der Waals surface area contributed by atoms with Gasteiger partial charge < -0.3 is 20.4 Å². The van der Waals surface area contributed by atoms with Gasteiger partial charge >= 0.3 is 0 Å². The molecular formula is C20H27N3O2S. The van der Waals surface area contributed by atoms with Crippen LogP contribution in [0.4, 0.5) is 0 Å². The molecule has 0 saturated carbocycles. The summed E-state index contributed by atoms with van der Waals surface area (Å²) in [5, 5.41) is 1.31. The lowest BCUT2D eigenvalue weighted by atomic mass is 9.83. The minimum atomic E-state index is -0.382. The highest BCUT2D eigenvalue weighted by molar-refractivity contribution is 7.98. The van der Waals surface area contributed by atoms with E-state index in [1.807, 2.05) is 11.2 Å². The molecule has 26 heavy (non-hydrogen) atoms. The summed E-state index contributed by atoms with van der Waals surface area (Å²) in [6.45, 7) is 2.16. The molecule has 2 aliphatic heterocycles. The fourth-order valence-electron chi connectivity index (χ4n) is 4.35. The van der Waals surface area contributed by atoms with Gasteiger partial charge in [0, 0.05) is 24.0 Å². The Morgan fingerprint density at radius 3 is 2.92 bits per heavy atom. The normalized spacial score (nSPS) is 20.3. The quantitative estimate of drug-likeness (QED) is 0.864. The van der Waals surface area contributed by atoms with E-state index >= 15 is 0 Å². The van der Waals surface area contributed by atoms with Crippen molar-refractivity contribution in [3.63, 3.8) is 0 Å². The van der Waals surface area contributed by atoms with Crippen LogP contribution in [0.15, 0.2) is 24.3 Å². The van der Waals surface area contributed by atoms with E-state index in [-0.39, 0.29) is 17.6 Å². The minimum absolute atomic E-state index is 0.0848. The van der Waals surface area contributed by atoms with Crippen LogP contribution >= 0.6 is 11.8 Å². The maximum absolute atomic E-state index is 12.6. The number of aromatic amines is 1. The Morgan fingerprint density at radius 2 is 2.15 bits per heavy atom. The third-order valence-corrected chi connectivity index (χ3v) is 6.48. The maximum Gasteiger partial charge on any atom is 0.239 e. The number of para-hydroxylation sites is 1. The van der Waals surface area contributed by atoms with Crippen LogP contribution in [0.2, 0.25) is 0 Å². The van der Waals surface area contributed by atoms with E-state index in [0.717, 1.165) is 38.0 Å². The predicted octanol–water partition coefficient (Wildman–Crippen LogP) is 2.64. The molecule has 0 aliphatic carbocycles. The monoisotopic (exact) mass is 373 g/mol. The SMILES string of the molecule is CSCC[C@H](N)C(=O)N1CCC2(CC1)OCCc1c2[nH]c2ccccc12. The molecule has 3 N–H and O–H groups in total. The summed E-state index contributed by atoms with van der Waals surface area (Å²) in [4.78, 5) is 18.1. The molecule has 0 radical (unpaired) electrons. The largest absolute Gasteiger partial charge is 0.368 e. The first-order valence-corrected chi connectivity index (χ1v) is 10.8. The molecule has 0 unspecified atom stereocenters. The van der Waals surface area contributed by atoms with E-state index in [1.165, 1.54) is 22.2 Å². The van der Waals surface area contributed by atoms with E-state index < -0.39 is 0 Å². The number of fused-ring (bicyclic) bond motifs is 4. The molecule has 140 valence electrons. The van der Waals surface area contributed by atoms with Gasteiger partial charge in [0.25, 0.3) is 0 Å². The van der Waals surface area contributed by atoms with Gasteiger partial charge in [-0.15, -0.1) is 0 Å². The molecule has 4 rings (SSSR count). The Labute approximate surface area is 158 Å². The number of benzene rings is 1. The second-order valence-electron chi connectivity index (χ2n) is 7.33. The van der Waals surface area contributed by atoms with Gasteiger partial charge in [0.2, 0.25) is 5.91 Å². The van der Waals surface area contributed by atoms with E-state index in [2.05, 4.69) is 29.2 Å². The molecule has 2 aromatic rings. The average Bonchev–Trinajstić information content (AvgIpc) is 3.07. The Balaban J connectivity index is 1.52. The van der Waals surface area contributed by atoms with Crippen LogP contribution in [0.1, 0.15) is 30.5 Å². The van der Waals surface area contributed by atoms with E-state index in [0.29, 0.717) is 13.1 Å². The second kappa shape index (κ2) is 7.25. The average molecular weight is 374 g/mol. The zero-order chi connectivity index (χ0) is 18.1. The lowest BCUT2D eigenvalue weighted by molar-refractivity contribution is -0.142. The molecule has 2 aliphatic rings. The van der Waals surface area contributed by atoms with Crippen LogP contribution in [0.5, 0.6) is 0 Å². The molecule has 5 nitrogen and oxygen atoms in total. The smallest absolute Gasteiger partial charge is 0.239 e. The van der Waals surface area contributed by atoms with Gasteiger partial charge in [0.05, 0.1) is 18.3 Å². The number of aromatic nitrogens is 1. The van der Waals surface area contributed by atoms with Crippen molar-refractivity contribution in [3.8, 4) is 0 Å². The zero-order valence-electron chi connectivity index (χ0n) is 15.3. The molecule has 1 amide bonds. The van der Waals surface area contributed by atoms with Gasteiger partial charge in [-0.25, -0.2) is 0 Å². The number of nitrogens with two attached hydrogens (primary N) is 1. The van der Waals surface area contributed by atoms with Crippen molar-refractivity contribution in [2.75, 3.05) is 31.7 Å². The van der Waals surface area contributed by atoms with Crippen molar-refractivity contribution in [2.24, 2.45) is 5.73 Å². The molecule has 1 aromatic carbocycles. The zero-order valence-corrected chi connectivity index (χ0v) is 16.1. The molecule has 6 heteroatoms. The van der Waals surface area contributed by atoms with Gasteiger partial charge in [-0.2, -0.15) is 11.8 Å². The molecule has 3 heterocycles. The van der Waals surface area contributed by atoms with Crippen molar-refractivity contribution in [1.29, 1.82) is 0 Å². The summed E-state index contributed by atoms with van der Waals surface area (Å²) in [6.07, 6.45) is 5.38. The van der Waals surface area contributed by atoms with Crippen LogP contribution in [0.25, 0.3) is 10.9 Å². The number of carbonyl (C=O) groups excluding carboxylic acids is 1. The molecule has 1 spiro atoms. The predicted molar refractivity (Wildman–Crippen MR) is 106 cm³/mol. The van der Waals surface area contributed by atoms with Crippen LogP contribution < -0.4 is 5.73 Å². The van der Waals surface area contributed by atoms with Crippen LogP contribution in [0.3, 0.4) is 0 Å². The second-order valence-corrected chi connectivity index (χ2v) is 8.32. The number of thioether (sulfide) groups is 1. The number of piperidine rings is 1. The fourth-order valence-corrected chi connectivity index (χ4v) is 4.84. The van der Waals surface area contributed by atoms with Crippen LogP contribution in [-0.2, 0) is 21.6 Å². The highest BCUT2D eigenvalue weighted by Gasteiger charge is 2.43. The number of hydrogen-bond acceptors (Lipinski definition) is 4. The van der Waals surface area contributed by atoms with Gasteiger partial charge in [0.1, 0.15) is 5.60 Å². The van der Waals surface area contributed by atoms with Crippen LogP contribution in [-0.4, -0.2) is 53.5 Å². The number of hydrogen-bond donors (Lipinski definition) is 2. The molecule has 1 atom stereocenters. The van der Waals surface area contributed by atoms with Crippen molar-refractivity contribution in [1.82, 2.24) is 9.88 Å².